The highest BCUT2D eigenvalue weighted by molar-refractivity contribution is 5.87. The number of nitrogens with one attached hydrogen (secondary N) is 2. The van der Waals surface area contributed by atoms with Gasteiger partial charge in [0, 0.05) is 43.0 Å². The van der Waals surface area contributed by atoms with Crippen molar-refractivity contribution in [2.24, 2.45) is 22.7 Å². The van der Waals surface area contributed by atoms with Crippen LogP contribution in [0, 0.1) is 17.8 Å². The highest BCUT2D eigenvalue weighted by Crippen LogP contribution is 2.55. The average Bonchev–Trinajstić information content (AvgIpc) is 4.02. The van der Waals surface area contributed by atoms with E-state index in [2.05, 4.69) is 54.5 Å². The van der Waals surface area contributed by atoms with Crippen LogP contribution in [-0.2, 0) is 20.7 Å². The summed E-state index contributed by atoms with van der Waals surface area (Å²) in [4.78, 5) is 60.4. The van der Waals surface area contributed by atoms with E-state index >= 15 is 0 Å². The standard InChI is InChI=1S/C46H56N8O4/c1-26(2)20-40(55)53-18-6-8-32(53)23-48-37-17-15-31(22-36(37)47)35-24-49-43(41-33-16-14-30(33)21-34(35)41)29-12-10-28(11-13-29)38-25-50-44(51-38)39-9-7-19-54(39)45(56)42(27(3)4)52-46(57)58-5/h10-13,15,17,22-27,30,32-33,39,42H,6-9,14,16,18-21,47H2,1-5H3,(H,50,51)(H,52,57). The lowest BCUT2D eigenvalue weighted by molar-refractivity contribution is -0.135. The van der Waals surface area contributed by atoms with Gasteiger partial charge in [0.1, 0.15) is 11.9 Å². The molecule has 2 saturated heterocycles. The molecule has 5 atom stereocenters. The molecule has 3 fully saturated rings. The second kappa shape index (κ2) is 16.4. The molecule has 4 aliphatic rings. The van der Waals surface area contributed by atoms with Gasteiger partial charge in [-0.05, 0) is 103 Å². The SMILES string of the molecule is COC(=O)NC(C(=O)N1CCCC1c1ncc(-c2ccc(-c3ncc(-c4ccc(N=CC5CCCN5C(=O)CC(C)C)c(N)c4)c4c3C3CCC3C4)cc2)[nH]1)C(C)C. The number of hydrogen-bond acceptors (Lipinski definition) is 8. The van der Waals surface area contributed by atoms with Gasteiger partial charge in [-0.25, -0.2) is 9.78 Å². The maximum absolute atomic E-state index is 13.6. The molecule has 4 aromatic rings. The van der Waals surface area contributed by atoms with Crippen LogP contribution in [0.15, 0.2) is 59.9 Å². The molecule has 4 heterocycles. The van der Waals surface area contributed by atoms with E-state index in [-0.39, 0.29) is 29.8 Å². The summed E-state index contributed by atoms with van der Waals surface area (Å²) in [5, 5.41) is 2.72. The van der Waals surface area contributed by atoms with Gasteiger partial charge in [0.25, 0.3) is 0 Å². The number of likely N-dealkylation sites (tertiary alicyclic amines) is 2. The van der Waals surface area contributed by atoms with Crippen molar-refractivity contribution in [3.63, 3.8) is 0 Å². The number of pyridine rings is 1. The number of fused-ring (bicyclic) bond motifs is 3. The Bertz CT molecular complexity index is 2210. The predicted molar refractivity (Wildman–Crippen MR) is 226 cm³/mol. The fraction of sp³-hybridized carbons (Fsp3) is 0.478. The van der Waals surface area contributed by atoms with Crippen LogP contribution in [0.25, 0.3) is 33.6 Å². The Kier molecular flexibility index (Phi) is 11.1. The second-order valence-electron chi connectivity index (χ2n) is 17.3. The molecular formula is C46H56N8O4. The van der Waals surface area contributed by atoms with Gasteiger partial charge in [-0.2, -0.15) is 0 Å². The van der Waals surface area contributed by atoms with E-state index in [4.69, 9.17) is 25.4 Å². The normalized spacial score (nSPS) is 21.7. The summed E-state index contributed by atoms with van der Waals surface area (Å²) in [5.74, 6) is 2.20. The van der Waals surface area contributed by atoms with Gasteiger partial charge in [0.15, 0.2) is 0 Å². The number of amides is 3. The number of nitrogen functional groups attached to an aromatic ring is 1. The minimum atomic E-state index is -0.681. The highest BCUT2D eigenvalue weighted by Gasteiger charge is 2.43. The number of carbonyl (C=O) groups excluding carboxylic acids is 3. The number of aliphatic imine (C=N–C) groups is 1. The van der Waals surface area contributed by atoms with E-state index in [1.165, 1.54) is 31.1 Å². The van der Waals surface area contributed by atoms with Gasteiger partial charge in [0.2, 0.25) is 11.8 Å². The van der Waals surface area contributed by atoms with Gasteiger partial charge in [-0.15, -0.1) is 0 Å². The quantitative estimate of drug-likeness (QED) is 0.102. The number of aromatic amines is 1. The molecule has 2 aliphatic carbocycles. The Balaban J connectivity index is 0.998. The first-order valence-electron chi connectivity index (χ1n) is 21.1. The number of carbonyl (C=O) groups is 3. The summed E-state index contributed by atoms with van der Waals surface area (Å²) in [6.45, 7) is 9.37. The van der Waals surface area contributed by atoms with Crippen molar-refractivity contribution in [3.8, 4) is 33.6 Å². The summed E-state index contributed by atoms with van der Waals surface area (Å²) in [6.07, 6.45) is 12.7. The number of alkyl carbamates (subject to hydrolysis) is 1. The third-order valence-electron chi connectivity index (χ3n) is 12.7. The molecule has 3 amide bonds. The molecule has 58 heavy (non-hydrogen) atoms. The van der Waals surface area contributed by atoms with Crippen LogP contribution >= 0.6 is 0 Å². The molecule has 1 saturated carbocycles. The number of hydrogen-bond donors (Lipinski definition) is 3. The van der Waals surface area contributed by atoms with Crippen LogP contribution in [0.3, 0.4) is 0 Å². The van der Waals surface area contributed by atoms with E-state index in [0.717, 1.165) is 83.8 Å². The van der Waals surface area contributed by atoms with Gasteiger partial charge < -0.3 is 30.6 Å². The zero-order valence-electron chi connectivity index (χ0n) is 34.3. The molecule has 2 aromatic heterocycles. The third kappa shape index (κ3) is 7.60. The Morgan fingerprint density at radius 3 is 2.40 bits per heavy atom. The minimum Gasteiger partial charge on any atom is -0.453 e. The molecule has 2 aliphatic heterocycles. The predicted octanol–water partition coefficient (Wildman–Crippen LogP) is 8.22. The van der Waals surface area contributed by atoms with Crippen molar-refractivity contribution in [1.29, 1.82) is 0 Å². The number of nitrogens with zero attached hydrogens (tertiary/aromatic N) is 5. The smallest absolute Gasteiger partial charge is 0.407 e. The second-order valence-corrected chi connectivity index (χ2v) is 17.3. The molecule has 12 nitrogen and oxygen atoms in total. The van der Waals surface area contributed by atoms with Crippen LogP contribution in [0.4, 0.5) is 16.2 Å². The van der Waals surface area contributed by atoms with Crippen molar-refractivity contribution >= 4 is 35.5 Å². The molecule has 5 unspecified atom stereocenters. The Hall–Kier alpha value is -5.52. The zero-order chi connectivity index (χ0) is 40.7. The van der Waals surface area contributed by atoms with Crippen molar-refractivity contribution in [1.82, 2.24) is 30.1 Å². The number of methoxy groups -OCH3 is 1. The van der Waals surface area contributed by atoms with Crippen LogP contribution < -0.4 is 11.1 Å². The van der Waals surface area contributed by atoms with Gasteiger partial charge in [-0.3, -0.25) is 19.6 Å². The van der Waals surface area contributed by atoms with Gasteiger partial charge in [0.05, 0.1) is 48.2 Å². The Labute approximate surface area is 341 Å². The summed E-state index contributed by atoms with van der Waals surface area (Å²) >= 11 is 0. The number of benzene rings is 2. The number of aromatic nitrogens is 3. The van der Waals surface area contributed by atoms with E-state index in [1.807, 2.05) is 54.4 Å². The molecule has 8 rings (SSSR count). The maximum atomic E-state index is 13.6. The van der Waals surface area contributed by atoms with Crippen LogP contribution in [-0.4, -0.2) is 81.2 Å². The van der Waals surface area contributed by atoms with Crippen LogP contribution in [0.1, 0.15) is 102 Å². The summed E-state index contributed by atoms with van der Waals surface area (Å²) < 4.78 is 4.78. The van der Waals surface area contributed by atoms with E-state index in [1.54, 1.807) is 0 Å². The topological polar surface area (TPSA) is 159 Å². The van der Waals surface area contributed by atoms with Crippen molar-refractivity contribution in [3.05, 3.63) is 71.8 Å². The maximum Gasteiger partial charge on any atom is 0.407 e. The first-order valence-corrected chi connectivity index (χ1v) is 21.1. The summed E-state index contributed by atoms with van der Waals surface area (Å²) in [5.41, 5.74) is 16.9. The van der Waals surface area contributed by atoms with Crippen LogP contribution in [0.2, 0.25) is 0 Å². The van der Waals surface area contributed by atoms with Crippen molar-refractivity contribution < 1.29 is 19.1 Å². The lowest BCUT2D eigenvalue weighted by Gasteiger charge is -2.31. The number of rotatable bonds is 11. The number of ether oxygens (including phenoxy) is 1. The monoisotopic (exact) mass is 784 g/mol. The number of nitrogens with two attached hydrogens (primary N) is 1. The summed E-state index contributed by atoms with van der Waals surface area (Å²) in [6, 6.07) is 13.8. The lowest BCUT2D eigenvalue weighted by atomic mass is 9.73. The number of imidazole rings is 1. The molecule has 2 aromatic carbocycles. The average molecular weight is 785 g/mol. The minimum absolute atomic E-state index is 0.00819. The first kappa shape index (κ1) is 39.3. The van der Waals surface area contributed by atoms with Crippen LogP contribution in [0.5, 0.6) is 0 Å². The number of anilines is 1. The fourth-order valence-electron chi connectivity index (χ4n) is 9.50. The number of H-pyrrole nitrogens is 1. The third-order valence-corrected chi connectivity index (χ3v) is 12.7. The summed E-state index contributed by atoms with van der Waals surface area (Å²) in [7, 11) is 1.30. The largest absolute Gasteiger partial charge is 0.453 e. The lowest BCUT2D eigenvalue weighted by Crippen LogP contribution is -2.51. The van der Waals surface area contributed by atoms with Gasteiger partial charge in [-0.1, -0.05) is 58.0 Å². The van der Waals surface area contributed by atoms with E-state index in [0.29, 0.717) is 36.4 Å². The molecule has 4 N–H and O–H groups in total. The molecular weight excluding hydrogens is 729 g/mol. The molecule has 0 radical (unpaired) electrons. The Morgan fingerprint density at radius 1 is 0.948 bits per heavy atom. The van der Waals surface area contributed by atoms with Gasteiger partial charge >= 0.3 is 6.09 Å². The van der Waals surface area contributed by atoms with Crippen molar-refractivity contribution in [2.45, 2.75) is 103 Å². The molecule has 0 spiro atoms. The highest BCUT2D eigenvalue weighted by atomic mass is 16.5. The van der Waals surface area contributed by atoms with E-state index < -0.39 is 12.1 Å². The zero-order valence-corrected chi connectivity index (χ0v) is 34.3. The first-order chi connectivity index (χ1) is 28.0. The van der Waals surface area contributed by atoms with E-state index in [9.17, 15) is 14.4 Å². The molecule has 0 bridgehead atoms. The fourth-order valence-corrected chi connectivity index (χ4v) is 9.50. The molecule has 304 valence electrons. The Morgan fingerprint density at radius 2 is 1.69 bits per heavy atom. The molecule has 12 heteroatoms. The van der Waals surface area contributed by atoms with Crippen molar-refractivity contribution in [2.75, 3.05) is 25.9 Å².